The van der Waals surface area contributed by atoms with Gasteiger partial charge >= 0.3 is 0 Å². The first kappa shape index (κ1) is 9.80. The lowest BCUT2D eigenvalue weighted by molar-refractivity contribution is 0.636. The lowest BCUT2D eigenvalue weighted by Gasteiger charge is -2.04. The number of nitriles is 1. The zero-order valence-corrected chi connectivity index (χ0v) is 8.94. The van der Waals surface area contributed by atoms with Crippen molar-refractivity contribution >= 4 is 21.5 Å². The number of halogens is 1. The molecule has 3 rings (SSSR count). The molecule has 0 heterocycles. The Labute approximate surface area is 97.7 Å². The van der Waals surface area contributed by atoms with Gasteiger partial charge in [0.15, 0.2) is 0 Å². The maximum Gasteiger partial charge on any atom is 0.148 e. The molecule has 80 valence electrons. The second kappa shape index (κ2) is 3.57. The molecule has 0 unspecified atom stereocenters. The van der Waals surface area contributed by atoms with E-state index >= 15 is 0 Å². The molecular formula is C15H8FN. The fraction of sp³-hybridized carbons (Fsp3) is 0. The van der Waals surface area contributed by atoms with Crippen molar-refractivity contribution < 1.29 is 4.39 Å². The summed E-state index contributed by atoms with van der Waals surface area (Å²) in [4.78, 5) is 0. The molecule has 0 radical (unpaired) electrons. The number of hydrogen-bond acceptors (Lipinski definition) is 1. The van der Waals surface area contributed by atoms with Gasteiger partial charge in [0.2, 0.25) is 0 Å². The quantitative estimate of drug-likeness (QED) is 0.526. The van der Waals surface area contributed by atoms with Crippen molar-refractivity contribution in [2.75, 3.05) is 0 Å². The predicted molar refractivity (Wildman–Crippen MR) is 66.1 cm³/mol. The summed E-state index contributed by atoms with van der Waals surface area (Å²) in [5.74, 6) is -0.434. The van der Waals surface area contributed by atoms with Crippen molar-refractivity contribution in [3.63, 3.8) is 0 Å². The van der Waals surface area contributed by atoms with Crippen LogP contribution in [0.25, 0.3) is 21.5 Å². The fourth-order valence-electron chi connectivity index (χ4n) is 2.06. The standard InChI is InChI=1S/C15H8FN/c16-15-13(9-17)6-5-12-7-10-3-1-2-4-11(10)8-14(12)15/h1-8H. The van der Waals surface area contributed by atoms with Gasteiger partial charge in [-0.1, -0.05) is 30.3 Å². The van der Waals surface area contributed by atoms with E-state index in [-0.39, 0.29) is 5.56 Å². The third kappa shape index (κ3) is 1.44. The van der Waals surface area contributed by atoms with Crippen LogP contribution in [0.15, 0.2) is 48.5 Å². The summed E-state index contributed by atoms with van der Waals surface area (Å²) in [5, 5.41) is 12.2. The Hall–Kier alpha value is -2.40. The van der Waals surface area contributed by atoms with E-state index < -0.39 is 5.82 Å². The third-order valence-electron chi connectivity index (χ3n) is 2.94. The van der Waals surface area contributed by atoms with E-state index in [9.17, 15) is 4.39 Å². The maximum absolute atomic E-state index is 14.0. The van der Waals surface area contributed by atoms with Gasteiger partial charge in [-0.15, -0.1) is 0 Å². The first-order valence-corrected chi connectivity index (χ1v) is 5.31. The van der Waals surface area contributed by atoms with Gasteiger partial charge in [0, 0.05) is 5.39 Å². The topological polar surface area (TPSA) is 23.8 Å². The molecular weight excluding hydrogens is 213 g/mol. The van der Waals surface area contributed by atoms with Crippen LogP contribution in [0.2, 0.25) is 0 Å². The van der Waals surface area contributed by atoms with E-state index in [1.54, 1.807) is 12.1 Å². The van der Waals surface area contributed by atoms with E-state index in [4.69, 9.17) is 5.26 Å². The van der Waals surface area contributed by atoms with Crippen LogP contribution in [-0.2, 0) is 0 Å². The summed E-state index contributed by atoms with van der Waals surface area (Å²) in [7, 11) is 0. The van der Waals surface area contributed by atoms with Gasteiger partial charge in [-0.3, -0.25) is 0 Å². The minimum absolute atomic E-state index is 0.0905. The third-order valence-corrected chi connectivity index (χ3v) is 2.94. The highest BCUT2D eigenvalue weighted by molar-refractivity contribution is 5.98. The zero-order valence-electron chi connectivity index (χ0n) is 8.94. The molecule has 0 N–H and O–H groups in total. The number of benzene rings is 3. The average Bonchev–Trinajstić information content (AvgIpc) is 2.37. The Balaban J connectivity index is 2.49. The molecule has 3 aromatic rings. The van der Waals surface area contributed by atoms with Crippen molar-refractivity contribution in [3.05, 3.63) is 59.9 Å². The van der Waals surface area contributed by atoms with Crippen LogP contribution in [0.1, 0.15) is 5.56 Å². The molecule has 3 aromatic carbocycles. The second-order valence-electron chi connectivity index (χ2n) is 3.96. The molecule has 0 spiro atoms. The molecule has 0 aromatic heterocycles. The number of nitrogens with zero attached hydrogens (tertiary/aromatic N) is 1. The van der Waals surface area contributed by atoms with Crippen LogP contribution in [0.5, 0.6) is 0 Å². The van der Waals surface area contributed by atoms with Gasteiger partial charge in [-0.25, -0.2) is 4.39 Å². The molecule has 1 nitrogen and oxygen atoms in total. The van der Waals surface area contributed by atoms with E-state index in [2.05, 4.69) is 0 Å². The Morgan fingerprint density at radius 3 is 2.29 bits per heavy atom. The Kier molecular flexibility index (Phi) is 2.06. The van der Waals surface area contributed by atoms with Gasteiger partial charge in [0.25, 0.3) is 0 Å². The van der Waals surface area contributed by atoms with Gasteiger partial charge in [-0.05, 0) is 34.4 Å². The highest BCUT2D eigenvalue weighted by atomic mass is 19.1. The van der Waals surface area contributed by atoms with Crippen LogP contribution in [-0.4, -0.2) is 0 Å². The Morgan fingerprint density at radius 2 is 1.59 bits per heavy atom. The van der Waals surface area contributed by atoms with Gasteiger partial charge in [0.1, 0.15) is 11.9 Å². The molecule has 0 amide bonds. The predicted octanol–water partition coefficient (Wildman–Crippen LogP) is 4.00. The molecule has 0 saturated carbocycles. The normalized spacial score (nSPS) is 10.6. The van der Waals surface area contributed by atoms with Crippen LogP contribution in [0, 0.1) is 17.1 Å². The molecule has 0 saturated heterocycles. The molecule has 0 fully saturated rings. The van der Waals surface area contributed by atoms with Crippen molar-refractivity contribution in [1.82, 2.24) is 0 Å². The highest BCUT2D eigenvalue weighted by Gasteiger charge is 2.07. The first-order valence-electron chi connectivity index (χ1n) is 5.31. The van der Waals surface area contributed by atoms with Crippen molar-refractivity contribution in [2.24, 2.45) is 0 Å². The largest absolute Gasteiger partial charge is 0.205 e. The molecule has 0 aliphatic heterocycles. The van der Waals surface area contributed by atoms with Crippen molar-refractivity contribution in [3.8, 4) is 6.07 Å². The second-order valence-corrected chi connectivity index (χ2v) is 3.96. The van der Waals surface area contributed by atoms with Crippen LogP contribution >= 0.6 is 0 Å². The van der Waals surface area contributed by atoms with Crippen LogP contribution in [0.3, 0.4) is 0 Å². The fourth-order valence-corrected chi connectivity index (χ4v) is 2.06. The summed E-state index contributed by atoms with van der Waals surface area (Å²) >= 11 is 0. The molecule has 17 heavy (non-hydrogen) atoms. The lowest BCUT2D eigenvalue weighted by atomic mass is 10.0. The van der Waals surface area contributed by atoms with E-state index in [0.717, 1.165) is 16.2 Å². The molecule has 0 atom stereocenters. The van der Waals surface area contributed by atoms with Gasteiger partial charge < -0.3 is 0 Å². The summed E-state index contributed by atoms with van der Waals surface area (Å²) in [6, 6.07) is 16.7. The van der Waals surface area contributed by atoms with E-state index in [1.807, 2.05) is 36.4 Å². The minimum Gasteiger partial charge on any atom is -0.205 e. The Morgan fingerprint density at radius 1 is 0.882 bits per heavy atom. The first-order chi connectivity index (χ1) is 8.29. The zero-order chi connectivity index (χ0) is 11.8. The minimum atomic E-state index is -0.434. The summed E-state index contributed by atoms with van der Waals surface area (Å²) in [6.07, 6.45) is 0. The molecule has 0 aliphatic carbocycles. The Bertz CT molecular complexity index is 769. The molecule has 2 heteroatoms. The lowest BCUT2D eigenvalue weighted by Crippen LogP contribution is -1.86. The van der Waals surface area contributed by atoms with Gasteiger partial charge in [-0.2, -0.15) is 5.26 Å². The smallest absolute Gasteiger partial charge is 0.148 e. The average molecular weight is 221 g/mol. The number of fused-ring (bicyclic) bond motifs is 2. The SMILES string of the molecule is N#Cc1ccc2cc3ccccc3cc2c1F. The van der Waals surface area contributed by atoms with Crippen LogP contribution in [0.4, 0.5) is 4.39 Å². The number of hydrogen-bond donors (Lipinski definition) is 0. The van der Waals surface area contributed by atoms with E-state index in [1.165, 1.54) is 6.07 Å². The van der Waals surface area contributed by atoms with Crippen molar-refractivity contribution in [2.45, 2.75) is 0 Å². The van der Waals surface area contributed by atoms with Crippen molar-refractivity contribution in [1.29, 1.82) is 5.26 Å². The monoisotopic (exact) mass is 221 g/mol. The highest BCUT2D eigenvalue weighted by Crippen LogP contribution is 2.26. The molecule has 0 bridgehead atoms. The molecule has 0 aliphatic rings. The summed E-state index contributed by atoms with van der Waals surface area (Å²) < 4.78 is 14.0. The number of rotatable bonds is 0. The maximum atomic E-state index is 14.0. The summed E-state index contributed by atoms with van der Waals surface area (Å²) in [5.41, 5.74) is 0.0905. The van der Waals surface area contributed by atoms with Gasteiger partial charge in [0.05, 0.1) is 5.56 Å². The summed E-state index contributed by atoms with van der Waals surface area (Å²) in [6.45, 7) is 0. The van der Waals surface area contributed by atoms with Crippen LogP contribution < -0.4 is 0 Å². The van der Waals surface area contributed by atoms with E-state index in [0.29, 0.717) is 5.39 Å².